The molecule has 3 atom stereocenters. The molecule has 0 bridgehead atoms. The van der Waals surface area contributed by atoms with Crippen molar-refractivity contribution in [3.8, 4) is 0 Å². The van der Waals surface area contributed by atoms with Crippen LogP contribution < -0.4 is 5.32 Å². The lowest BCUT2D eigenvalue weighted by Gasteiger charge is -2.49. The van der Waals surface area contributed by atoms with E-state index in [1.165, 1.54) is 11.9 Å². The molecule has 1 heterocycles. The molecule has 152 valence electrons. The van der Waals surface area contributed by atoms with E-state index in [1.54, 1.807) is 61.5 Å². The highest BCUT2D eigenvalue weighted by molar-refractivity contribution is 7.80. The molecule has 0 radical (unpaired) electrons. The van der Waals surface area contributed by atoms with Gasteiger partial charge in [-0.3, -0.25) is 4.79 Å². The third-order valence-corrected chi connectivity index (χ3v) is 5.65. The van der Waals surface area contributed by atoms with Gasteiger partial charge in [0.2, 0.25) is 0 Å². The van der Waals surface area contributed by atoms with Gasteiger partial charge in [0.25, 0.3) is 5.72 Å². The number of ketones is 1. The second-order valence-corrected chi connectivity index (χ2v) is 7.52. The van der Waals surface area contributed by atoms with E-state index in [1.807, 2.05) is 0 Å². The second kappa shape index (κ2) is 8.49. The zero-order chi connectivity index (χ0) is 21.2. The van der Waals surface area contributed by atoms with Crippen molar-refractivity contribution in [1.29, 1.82) is 0 Å². The number of carbonyl (C=O) groups excluding carboxylic acids is 2. The van der Waals surface area contributed by atoms with E-state index < -0.39 is 29.4 Å². The highest BCUT2D eigenvalue weighted by Crippen LogP contribution is 2.40. The topological polar surface area (TPSA) is 78.9 Å². The molecule has 2 N–H and O–H groups in total. The van der Waals surface area contributed by atoms with Gasteiger partial charge in [-0.1, -0.05) is 54.1 Å². The molecule has 1 aliphatic heterocycles. The summed E-state index contributed by atoms with van der Waals surface area (Å²) < 4.78 is 5.13. The summed E-state index contributed by atoms with van der Waals surface area (Å²) in [7, 11) is 1.45. The zero-order valence-corrected chi connectivity index (χ0v) is 17.5. The Morgan fingerprint density at radius 1 is 1.21 bits per heavy atom. The van der Waals surface area contributed by atoms with Crippen LogP contribution in [0.2, 0.25) is 5.02 Å². The number of Topliss-reactive ketones (excluding diaryl/α,β-unsaturated/α-hetero) is 1. The first kappa shape index (κ1) is 21.2. The number of hydrogen-bond acceptors (Lipinski definition) is 5. The maximum absolute atomic E-state index is 13.5. The second-order valence-electron chi connectivity index (χ2n) is 6.69. The van der Waals surface area contributed by atoms with Crippen LogP contribution in [-0.4, -0.2) is 46.3 Å². The fraction of sp³-hybridized carbons (Fsp3) is 0.286. The van der Waals surface area contributed by atoms with Crippen LogP contribution in [0.3, 0.4) is 0 Å². The van der Waals surface area contributed by atoms with Gasteiger partial charge in [-0.2, -0.15) is 0 Å². The molecule has 0 amide bonds. The number of carbonyl (C=O) groups is 2. The summed E-state index contributed by atoms with van der Waals surface area (Å²) in [6, 6.07) is 14.5. The summed E-state index contributed by atoms with van der Waals surface area (Å²) in [4.78, 5) is 27.6. The summed E-state index contributed by atoms with van der Waals surface area (Å²) in [5.74, 6) is -2.57. The van der Waals surface area contributed by atoms with Gasteiger partial charge in [0, 0.05) is 17.6 Å². The standard InChI is InChI=1S/C21H21ClN2O4S/c1-3-28-19(26)21(27)16(18(25)14-7-5-4-6-8-14)17(23-20(29)24(21)2)13-9-11-15(22)12-10-13/h4-12,16-17,27H,3H2,1-2H3,(H,23,29)/t16-,17+,21+/m0/s1. The Kier molecular flexibility index (Phi) is 6.21. The number of aliphatic hydroxyl groups is 1. The smallest absolute Gasteiger partial charge is 0.360 e. The van der Waals surface area contributed by atoms with E-state index in [2.05, 4.69) is 5.32 Å². The number of hydrogen-bond donors (Lipinski definition) is 2. The van der Waals surface area contributed by atoms with Crippen molar-refractivity contribution in [3.05, 3.63) is 70.7 Å². The van der Waals surface area contributed by atoms with E-state index in [0.29, 0.717) is 16.1 Å². The Hall–Kier alpha value is -2.48. The number of esters is 1. The van der Waals surface area contributed by atoms with E-state index >= 15 is 0 Å². The first-order valence-corrected chi connectivity index (χ1v) is 9.88. The molecule has 8 heteroatoms. The Balaban J connectivity index is 2.18. The van der Waals surface area contributed by atoms with Crippen molar-refractivity contribution in [1.82, 2.24) is 10.2 Å². The molecule has 0 aliphatic carbocycles. The van der Waals surface area contributed by atoms with Gasteiger partial charge < -0.3 is 20.1 Å². The molecule has 0 saturated carbocycles. The highest BCUT2D eigenvalue weighted by atomic mass is 35.5. The maximum atomic E-state index is 13.5. The third-order valence-electron chi connectivity index (χ3n) is 5.01. The third kappa shape index (κ3) is 3.85. The summed E-state index contributed by atoms with van der Waals surface area (Å²) in [6.45, 7) is 1.68. The lowest BCUT2D eigenvalue weighted by molar-refractivity contribution is -0.191. The number of thiocarbonyl (C=S) groups is 1. The van der Waals surface area contributed by atoms with Crippen LogP contribution >= 0.6 is 23.8 Å². The molecule has 1 saturated heterocycles. The number of benzene rings is 2. The average Bonchev–Trinajstić information content (AvgIpc) is 2.72. The van der Waals surface area contributed by atoms with Gasteiger partial charge in [0.15, 0.2) is 10.9 Å². The number of halogens is 1. The average molecular weight is 433 g/mol. The summed E-state index contributed by atoms with van der Waals surface area (Å²) in [5.41, 5.74) is -1.26. The van der Waals surface area contributed by atoms with Crippen LogP contribution in [-0.2, 0) is 9.53 Å². The summed E-state index contributed by atoms with van der Waals surface area (Å²) in [6.07, 6.45) is 0. The van der Waals surface area contributed by atoms with Crippen LogP contribution in [0.4, 0.5) is 0 Å². The Bertz CT molecular complexity index is 922. The predicted molar refractivity (Wildman–Crippen MR) is 114 cm³/mol. The minimum Gasteiger partial charge on any atom is -0.462 e. The van der Waals surface area contributed by atoms with Gasteiger partial charge in [-0.05, 0) is 36.8 Å². The first-order valence-electron chi connectivity index (χ1n) is 9.09. The van der Waals surface area contributed by atoms with Crippen molar-refractivity contribution in [2.24, 2.45) is 5.92 Å². The highest BCUT2D eigenvalue weighted by Gasteiger charge is 2.59. The molecule has 1 fully saturated rings. The van der Waals surface area contributed by atoms with Gasteiger partial charge in [-0.25, -0.2) is 4.79 Å². The SMILES string of the molecule is CCOC(=O)[C@]1(O)[C@H](C(=O)c2ccccc2)[C@@H](c2ccc(Cl)cc2)NC(=S)N1C. The minimum absolute atomic E-state index is 0.0486. The molecular weight excluding hydrogens is 412 g/mol. The Morgan fingerprint density at radius 2 is 1.83 bits per heavy atom. The van der Waals surface area contributed by atoms with Crippen LogP contribution in [0.5, 0.6) is 0 Å². The number of rotatable bonds is 5. The Labute approximate surface area is 179 Å². The quantitative estimate of drug-likeness (QED) is 0.427. The van der Waals surface area contributed by atoms with E-state index in [-0.39, 0.29) is 11.7 Å². The zero-order valence-electron chi connectivity index (χ0n) is 16.0. The van der Waals surface area contributed by atoms with Crippen LogP contribution in [0.15, 0.2) is 54.6 Å². The van der Waals surface area contributed by atoms with Crippen molar-refractivity contribution in [3.63, 3.8) is 0 Å². The monoisotopic (exact) mass is 432 g/mol. The molecule has 1 aliphatic rings. The van der Waals surface area contributed by atoms with E-state index in [0.717, 1.165) is 0 Å². The lowest BCUT2D eigenvalue weighted by Crippen LogP contribution is -2.70. The number of nitrogens with one attached hydrogen (secondary N) is 1. The first-order chi connectivity index (χ1) is 13.8. The molecule has 0 unspecified atom stereocenters. The molecule has 3 rings (SSSR count). The number of likely N-dealkylation sites (N-methyl/N-ethyl adjacent to an activating group) is 1. The Morgan fingerprint density at radius 3 is 2.41 bits per heavy atom. The number of ether oxygens (including phenoxy) is 1. The summed E-state index contributed by atoms with van der Waals surface area (Å²) in [5, 5.41) is 15.3. The van der Waals surface area contributed by atoms with Crippen molar-refractivity contribution >= 4 is 40.7 Å². The lowest BCUT2D eigenvalue weighted by atomic mass is 9.77. The normalized spacial score (nSPS) is 24.0. The molecular formula is C21H21ClN2O4S. The molecule has 6 nitrogen and oxygen atoms in total. The summed E-state index contributed by atoms with van der Waals surface area (Å²) >= 11 is 11.3. The molecule has 0 spiro atoms. The van der Waals surface area contributed by atoms with Crippen LogP contribution in [0, 0.1) is 5.92 Å². The van der Waals surface area contributed by atoms with Crippen molar-refractivity contribution < 1.29 is 19.4 Å². The molecule has 2 aromatic rings. The molecule has 29 heavy (non-hydrogen) atoms. The van der Waals surface area contributed by atoms with Crippen LogP contribution in [0.1, 0.15) is 28.9 Å². The number of nitrogens with zero attached hydrogens (tertiary/aromatic N) is 1. The molecule has 2 aromatic carbocycles. The van der Waals surface area contributed by atoms with Crippen molar-refractivity contribution in [2.75, 3.05) is 13.7 Å². The van der Waals surface area contributed by atoms with Gasteiger partial charge in [-0.15, -0.1) is 0 Å². The van der Waals surface area contributed by atoms with Gasteiger partial charge in [0.1, 0.15) is 5.92 Å². The predicted octanol–water partition coefficient (Wildman–Crippen LogP) is 2.95. The largest absolute Gasteiger partial charge is 0.462 e. The van der Waals surface area contributed by atoms with Crippen molar-refractivity contribution in [2.45, 2.75) is 18.7 Å². The minimum atomic E-state index is -2.28. The fourth-order valence-corrected chi connectivity index (χ4v) is 3.86. The van der Waals surface area contributed by atoms with Gasteiger partial charge in [0.05, 0.1) is 12.6 Å². The molecule has 0 aromatic heterocycles. The van der Waals surface area contributed by atoms with Gasteiger partial charge >= 0.3 is 5.97 Å². The van der Waals surface area contributed by atoms with Crippen LogP contribution in [0.25, 0.3) is 0 Å². The van der Waals surface area contributed by atoms with E-state index in [4.69, 9.17) is 28.6 Å². The fourth-order valence-electron chi connectivity index (χ4n) is 3.47. The van der Waals surface area contributed by atoms with E-state index in [9.17, 15) is 14.7 Å². The maximum Gasteiger partial charge on any atom is 0.360 e.